The maximum Gasteiger partial charge on any atom is 0.229 e. The predicted molar refractivity (Wildman–Crippen MR) is 99.6 cm³/mol. The van der Waals surface area contributed by atoms with Gasteiger partial charge in [-0.25, -0.2) is 4.98 Å². The van der Waals surface area contributed by atoms with Gasteiger partial charge in [-0.3, -0.25) is 4.98 Å². The van der Waals surface area contributed by atoms with Gasteiger partial charge in [-0.1, -0.05) is 17.7 Å². The van der Waals surface area contributed by atoms with Crippen LogP contribution in [0, 0.1) is 6.92 Å². The molecule has 0 fully saturated rings. The van der Waals surface area contributed by atoms with E-state index in [2.05, 4.69) is 25.6 Å². The number of aromatic nitrogens is 3. The molecule has 7 heteroatoms. The summed E-state index contributed by atoms with van der Waals surface area (Å²) in [5.41, 5.74) is 2.48. The fourth-order valence-electron chi connectivity index (χ4n) is 2.30. The van der Waals surface area contributed by atoms with Gasteiger partial charge in [0, 0.05) is 23.0 Å². The summed E-state index contributed by atoms with van der Waals surface area (Å²) in [6.07, 6.45) is 1.76. The molecule has 2 N–H and O–H groups in total. The first kappa shape index (κ1) is 17.0. The molecule has 0 saturated carbocycles. The second-order valence-corrected chi connectivity index (χ2v) is 5.80. The van der Waals surface area contributed by atoms with Crippen LogP contribution in [0.5, 0.6) is 5.75 Å². The molecule has 0 radical (unpaired) electrons. The van der Waals surface area contributed by atoms with Gasteiger partial charge in [0.05, 0.1) is 25.0 Å². The lowest BCUT2D eigenvalue weighted by Crippen LogP contribution is -2.06. The Morgan fingerprint density at radius 1 is 1.12 bits per heavy atom. The quantitative estimate of drug-likeness (QED) is 0.690. The van der Waals surface area contributed by atoms with Gasteiger partial charge in [-0.05, 0) is 37.3 Å². The zero-order valence-electron chi connectivity index (χ0n) is 14.0. The van der Waals surface area contributed by atoms with Crippen molar-refractivity contribution in [1.82, 2.24) is 15.0 Å². The number of benzene rings is 1. The lowest BCUT2D eigenvalue weighted by molar-refractivity contribution is 0.417. The van der Waals surface area contributed by atoms with E-state index in [0.717, 1.165) is 11.4 Å². The monoisotopic (exact) mass is 355 g/mol. The number of hydrogen-bond donors (Lipinski definition) is 2. The number of rotatable bonds is 6. The summed E-state index contributed by atoms with van der Waals surface area (Å²) < 4.78 is 5.34. The van der Waals surface area contributed by atoms with Crippen LogP contribution in [0.15, 0.2) is 48.7 Å². The maximum absolute atomic E-state index is 6.06. The Morgan fingerprint density at radius 3 is 2.76 bits per heavy atom. The SMILES string of the molecule is COc1ccc(Cl)cc1Nc1nc(C)cc(NCc2ccccn2)n1. The van der Waals surface area contributed by atoms with Gasteiger partial charge in [-0.2, -0.15) is 4.98 Å². The predicted octanol–water partition coefficient (Wildman–Crippen LogP) is 4.20. The summed E-state index contributed by atoms with van der Waals surface area (Å²) in [4.78, 5) is 13.2. The van der Waals surface area contributed by atoms with Gasteiger partial charge in [0.25, 0.3) is 0 Å². The molecule has 0 aliphatic heterocycles. The van der Waals surface area contributed by atoms with E-state index < -0.39 is 0 Å². The Bertz CT molecular complexity index is 857. The minimum Gasteiger partial charge on any atom is -0.495 e. The van der Waals surface area contributed by atoms with Crippen LogP contribution in [-0.4, -0.2) is 22.1 Å². The summed E-state index contributed by atoms with van der Waals surface area (Å²) in [7, 11) is 1.60. The van der Waals surface area contributed by atoms with Gasteiger partial charge >= 0.3 is 0 Å². The fourth-order valence-corrected chi connectivity index (χ4v) is 2.47. The molecule has 0 atom stereocenters. The maximum atomic E-state index is 6.06. The molecule has 0 amide bonds. The molecule has 0 aliphatic rings. The van der Waals surface area contributed by atoms with Crippen LogP contribution < -0.4 is 15.4 Å². The van der Waals surface area contributed by atoms with Crippen molar-refractivity contribution in [2.75, 3.05) is 17.7 Å². The van der Waals surface area contributed by atoms with Crippen molar-refractivity contribution in [1.29, 1.82) is 0 Å². The molecule has 3 rings (SSSR count). The van der Waals surface area contributed by atoms with Crippen LogP contribution in [-0.2, 0) is 6.54 Å². The lowest BCUT2D eigenvalue weighted by Gasteiger charge is -2.12. The van der Waals surface area contributed by atoms with Crippen LogP contribution in [0.3, 0.4) is 0 Å². The number of nitrogens with zero attached hydrogens (tertiary/aromatic N) is 3. The molecule has 2 heterocycles. The van der Waals surface area contributed by atoms with Crippen LogP contribution in [0.1, 0.15) is 11.4 Å². The van der Waals surface area contributed by atoms with E-state index in [1.54, 1.807) is 31.5 Å². The minimum atomic E-state index is 0.462. The normalized spacial score (nSPS) is 10.4. The molecule has 25 heavy (non-hydrogen) atoms. The second kappa shape index (κ2) is 7.81. The molecule has 3 aromatic rings. The highest BCUT2D eigenvalue weighted by Gasteiger charge is 2.08. The first-order chi connectivity index (χ1) is 12.1. The first-order valence-electron chi connectivity index (χ1n) is 7.74. The first-order valence-corrected chi connectivity index (χ1v) is 8.12. The molecule has 128 valence electrons. The van der Waals surface area contributed by atoms with Gasteiger partial charge < -0.3 is 15.4 Å². The van der Waals surface area contributed by atoms with Gasteiger partial charge in [0.15, 0.2) is 0 Å². The number of hydrogen-bond acceptors (Lipinski definition) is 6. The number of nitrogens with one attached hydrogen (secondary N) is 2. The van der Waals surface area contributed by atoms with E-state index in [-0.39, 0.29) is 0 Å². The number of pyridine rings is 1. The van der Waals surface area contributed by atoms with Crippen molar-refractivity contribution < 1.29 is 4.74 Å². The highest BCUT2D eigenvalue weighted by atomic mass is 35.5. The molecule has 0 unspecified atom stereocenters. The fraction of sp³-hybridized carbons (Fsp3) is 0.167. The topological polar surface area (TPSA) is 72.0 Å². The summed E-state index contributed by atoms with van der Waals surface area (Å²) in [5, 5.41) is 7.01. The van der Waals surface area contributed by atoms with Crippen molar-refractivity contribution in [2.24, 2.45) is 0 Å². The summed E-state index contributed by atoms with van der Waals surface area (Å²) >= 11 is 6.06. The molecule has 0 aliphatic carbocycles. The molecular weight excluding hydrogens is 338 g/mol. The van der Waals surface area contributed by atoms with Crippen LogP contribution >= 0.6 is 11.6 Å². The Kier molecular flexibility index (Phi) is 5.30. The summed E-state index contributed by atoms with van der Waals surface area (Å²) in [6.45, 7) is 2.49. The number of anilines is 3. The minimum absolute atomic E-state index is 0.462. The van der Waals surface area contributed by atoms with E-state index in [1.807, 2.05) is 31.2 Å². The van der Waals surface area contributed by atoms with E-state index in [9.17, 15) is 0 Å². The highest BCUT2D eigenvalue weighted by Crippen LogP contribution is 2.29. The number of halogens is 1. The van der Waals surface area contributed by atoms with E-state index in [4.69, 9.17) is 16.3 Å². The Labute approximate surface area is 151 Å². The summed E-state index contributed by atoms with van der Waals surface area (Å²) in [6, 6.07) is 13.0. The summed E-state index contributed by atoms with van der Waals surface area (Å²) in [5.74, 6) is 1.84. The van der Waals surface area contributed by atoms with Crippen LogP contribution in [0.25, 0.3) is 0 Å². The van der Waals surface area contributed by atoms with Crippen molar-refractivity contribution >= 4 is 29.1 Å². The third-order valence-corrected chi connectivity index (χ3v) is 3.67. The Hall–Kier alpha value is -2.86. The smallest absolute Gasteiger partial charge is 0.229 e. The largest absolute Gasteiger partial charge is 0.495 e. The zero-order valence-corrected chi connectivity index (χ0v) is 14.7. The standard InChI is InChI=1S/C18H18ClN5O/c1-12-9-17(21-11-14-5-3-4-8-20-14)24-18(22-12)23-15-10-13(19)6-7-16(15)25-2/h3-10H,11H2,1-2H3,(H2,21,22,23,24). The Morgan fingerprint density at radius 2 is 2.00 bits per heavy atom. The van der Waals surface area contributed by atoms with E-state index in [1.165, 1.54) is 0 Å². The molecule has 0 spiro atoms. The molecule has 0 saturated heterocycles. The highest BCUT2D eigenvalue weighted by molar-refractivity contribution is 6.31. The van der Waals surface area contributed by atoms with E-state index >= 15 is 0 Å². The molecule has 6 nitrogen and oxygen atoms in total. The van der Waals surface area contributed by atoms with E-state index in [0.29, 0.717) is 34.8 Å². The average Bonchev–Trinajstić information content (AvgIpc) is 2.61. The van der Waals surface area contributed by atoms with Gasteiger partial charge in [-0.15, -0.1) is 0 Å². The zero-order chi connectivity index (χ0) is 17.6. The number of methoxy groups -OCH3 is 1. The van der Waals surface area contributed by atoms with Crippen LogP contribution in [0.2, 0.25) is 5.02 Å². The van der Waals surface area contributed by atoms with Crippen LogP contribution in [0.4, 0.5) is 17.5 Å². The molecule has 1 aromatic carbocycles. The van der Waals surface area contributed by atoms with Crippen molar-refractivity contribution in [3.63, 3.8) is 0 Å². The lowest BCUT2D eigenvalue weighted by atomic mass is 10.3. The third-order valence-electron chi connectivity index (χ3n) is 3.44. The van der Waals surface area contributed by atoms with Gasteiger partial charge in [0.2, 0.25) is 5.95 Å². The molecular formula is C18H18ClN5O. The average molecular weight is 356 g/mol. The molecule has 0 bridgehead atoms. The Balaban J connectivity index is 1.79. The second-order valence-electron chi connectivity index (χ2n) is 5.36. The van der Waals surface area contributed by atoms with Gasteiger partial charge in [0.1, 0.15) is 11.6 Å². The van der Waals surface area contributed by atoms with Crippen molar-refractivity contribution in [2.45, 2.75) is 13.5 Å². The number of aryl methyl sites for hydroxylation is 1. The molecule has 2 aromatic heterocycles. The third kappa shape index (κ3) is 4.58. The van der Waals surface area contributed by atoms with Crippen molar-refractivity contribution in [3.05, 3.63) is 65.1 Å². The van der Waals surface area contributed by atoms with Crippen molar-refractivity contribution in [3.8, 4) is 5.75 Å². The number of ether oxygens (including phenoxy) is 1.